The SMILES string of the molecule is CCc1cc(CC(C)(C)CC(C)Cl)n(CC)n1. The Kier molecular flexibility index (Phi) is 5.05. The Morgan fingerprint density at radius 1 is 1.41 bits per heavy atom. The van der Waals surface area contributed by atoms with Crippen LogP contribution in [-0.4, -0.2) is 15.2 Å². The number of aromatic nitrogens is 2. The quantitative estimate of drug-likeness (QED) is 0.702. The number of hydrogen-bond donors (Lipinski definition) is 0. The summed E-state index contributed by atoms with van der Waals surface area (Å²) in [5.41, 5.74) is 2.77. The Hall–Kier alpha value is -0.500. The lowest BCUT2D eigenvalue weighted by molar-refractivity contribution is 0.321. The highest BCUT2D eigenvalue weighted by atomic mass is 35.5. The van der Waals surface area contributed by atoms with Crippen molar-refractivity contribution in [2.45, 2.75) is 65.8 Å². The molecule has 0 saturated carbocycles. The van der Waals surface area contributed by atoms with E-state index < -0.39 is 0 Å². The lowest BCUT2D eigenvalue weighted by Crippen LogP contribution is -2.20. The predicted octanol–water partition coefficient (Wildman–Crippen LogP) is 4.05. The molecule has 0 aliphatic rings. The van der Waals surface area contributed by atoms with Gasteiger partial charge in [0.1, 0.15) is 0 Å². The molecule has 1 atom stereocenters. The van der Waals surface area contributed by atoms with Crippen molar-refractivity contribution in [2.75, 3.05) is 0 Å². The molecule has 98 valence electrons. The van der Waals surface area contributed by atoms with E-state index in [4.69, 9.17) is 11.6 Å². The molecule has 1 rings (SSSR count). The van der Waals surface area contributed by atoms with Gasteiger partial charge >= 0.3 is 0 Å². The van der Waals surface area contributed by atoms with Gasteiger partial charge in [-0.05, 0) is 44.6 Å². The maximum Gasteiger partial charge on any atom is 0.0624 e. The van der Waals surface area contributed by atoms with E-state index in [1.807, 2.05) is 0 Å². The molecule has 0 radical (unpaired) electrons. The summed E-state index contributed by atoms with van der Waals surface area (Å²) in [4.78, 5) is 0. The van der Waals surface area contributed by atoms with Gasteiger partial charge in [-0.2, -0.15) is 5.10 Å². The van der Waals surface area contributed by atoms with Gasteiger partial charge in [0, 0.05) is 17.6 Å². The van der Waals surface area contributed by atoms with Crippen LogP contribution >= 0.6 is 11.6 Å². The van der Waals surface area contributed by atoms with Crippen LogP contribution < -0.4 is 0 Å². The zero-order valence-corrected chi connectivity index (χ0v) is 12.5. The molecule has 1 unspecified atom stereocenters. The van der Waals surface area contributed by atoms with Gasteiger partial charge in [-0.1, -0.05) is 20.8 Å². The third kappa shape index (κ3) is 4.34. The summed E-state index contributed by atoms with van der Waals surface area (Å²) in [6.07, 6.45) is 3.09. The Morgan fingerprint density at radius 3 is 2.53 bits per heavy atom. The molecule has 1 heterocycles. The fourth-order valence-corrected chi connectivity index (χ4v) is 2.85. The van der Waals surface area contributed by atoms with Crippen molar-refractivity contribution in [1.29, 1.82) is 0 Å². The predicted molar refractivity (Wildman–Crippen MR) is 74.7 cm³/mol. The first-order chi connectivity index (χ1) is 7.88. The zero-order valence-electron chi connectivity index (χ0n) is 11.8. The molecule has 0 spiro atoms. The van der Waals surface area contributed by atoms with Crippen LogP contribution in [-0.2, 0) is 19.4 Å². The minimum absolute atomic E-state index is 0.230. The number of rotatable bonds is 6. The van der Waals surface area contributed by atoms with Crippen LogP contribution in [0, 0.1) is 5.41 Å². The lowest BCUT2D eigenvalue weighted by atomic mass is 9.83. The van der Waals surface area contributed by atoms with Gasteiger partial charge in [0.05, 0.1) is 5.69 Å². The van der Waals surface area contributed by atoms with Crippen LogP contribution in [0.15, 0.2) is 6.07 Å². The molecule has 0 fully saturated rings. The molecule has 1 aromatic rings. The first kappa shape index (κ1) is 14.6. The van der Waals surface area contributed by atoms with Crippen molar-refractivity contribution < 1.29 is 0 Å². The molecular weight excluding hydrogens is 232 g/mol. The van der Waals surface area contributed by atoms with Crippen molar-refractivity contribution in [1.82, 2.24) is 9.78 Å². The molecule has 2 nitrogen and oxygen atoms in total. The second-order valence-electron chi connectivity index (χ2n) is 5.62. The van der Waals surface area contributed by atoms with Gasteiger partial charge in [0.15, 0.2) is 0 Å². The molecule has 17 heavy (non-hydrogen) atoms. The minimum atomic E-state index is 0.230. The summed E-state index contributed by atoms with van der Waals surface area (Å²) in [6.45, 7) is 11.9. The first-order valence-corrected chi connectivity index (χ1v) is 7.01. The minimum Gasteiger partial charge on any atom is -0.270 e. The summed E-state index contributed by atoms with van der Waals surface area (Å²) >= 11 is 6.11. The van der Waals surface area contributed by atoms with Crippen LogP contribution in [0.2, 0.25) is 0 Å². The number of halogens is 1. The average molecular weight is 257 g/mol. The van der Waals surface area contributed by atoms with E-state index >= 15 is 0 Å². The molecule has 0 saturated heterocycles. The molecule has 0 N–H and O–H groups in total. The third-order valence-electron chi connectivity index (χ3n) is 3.07. The van der Waals surface area contributed by atoms with E-state index in [0.717, 1.165) is 25.8 Å². The van der Waals surface area contributed by atoms with E-state index in [2.05, 4.69) is 50.5 Å². The summed E-state index contributed by atoms with van der Waals surface area (Å²) in [5, 5.41) is 4.82. The van der Waals surface area contributed by atoms with E-state index in [9.17, 15) is 0 Å². The van der Waals surface area contributed by atoms with Gasteiger partial charge in [-0.3, -0.25) is 4.68 Å². The maximum absolute atomic E-state index is 6.11. The molecule has 0 bridgehead atoms. The van der Waals surface area contributed by atoms with E-state index in [-0.39, 0.29) is 10.8 Å². The fraction of sp³-hybridized carbons (Fsp3) is 0.786. The Balaban J connectivity index is 2.82. The van der Waals surface area contributed by atoms with Gasteiger partial charge in [0.2, 0.25) is 0 Å². The molecule has 0 amide bonds. The molecular formula is C14H25ClN2. The smallest absolute Gasteiger partial charge is 0.0624 e. The van der Waals surface area contributed by atoms with Gasteiger partial charge in [0.25, 0.3) is 0 Å². The summed E-state index contributed by atoms with van der Waals surface area (Å²) in [7, 11) is 0. The largest absolute Gasteiger partial charge is 0.270 e. The van der Waals surface area contributed by atoms with Gasteiger partial charge < -0.3 is 0 Å². The highest BCUT2D eigenvalue weighted by molar-refractivity contribution is 6.20. The molecule has 3 heteroatoms. The van der Waals surface area contributed by atoms with Crippen molar-refractivity contribution >= 4 is 11.6 Å². The standard InChI is InChI=1S/C14H25ClN2/c1-6-12-8-13(17(7-2)16-12)10-14(4,5)9-11(3)15/h8,11H,6-7,9-10H2,1-5H3. The number of aryl methyl sites for hydroxylation is 2. The second kappa shape index (κ2) is 5.90. The van der Waals surface area contributed by atoms with Crippen molar-refractivity contribution in [3.63, 3.8) is 0 Å². The lowest BCUT2D eigenvalue weighted by Gasteiger charge is -2.26. The second-order valence-corrected chi connectivity index (χ2v) is 6.37. The average Bonchev–Trinajstić information content (AvgIpc) is 2.57. The Labute approximate surface area is 110 Å². The first-order valence-electron chi connectivity index (χ1n) is 6.57. The number of nitrogens with zero attached hydrogens (tertiary/aromatic N) is 2. The summed E-state index contributed by atoms with van der Waals surface area (Å²) < 4.78 is 2.12. The monoisotopic (exact) mass is 256 g/mol. The number of alkyl halides is 1. The summed E-state index contributed by atoms with van der Waals surface area (Å²) in [6, 6.07) is 2.24. The fourth-order valence-electron chi connectivity index (χ4n) is 2.43. The third-order valence-corrected chi connectivity index (χ3v) is 3.22. The highest BCUT2D eigenvalue weighted by Gasteiger charge is 2.23. The maximum atomic E-state index is 6.11. The van der Waals surface area contributed by atoms with Crippen molar-refractivity contribution in [2.24, 2.45) is 5.41 Å². The van der Waals surface area contributed by atoms with Gasteiger partial charge in [-0.25, -0.2) is 0 Å². The van der Waals surface area contributed by atoms with E-state index in [0.29, 0.717) is 0 Å². The van der Waals surface area contributed by atoms with Crippen LogP contribution in [0.5, 0.6) is 0 Å². The Morgan fingerprint density at radius 2 is 2.06 bits per heavy atom. The van der Waals surface area contributed by atoms with Crippen molar-refractivity contribution in [3.8, 4) is 0 Å². The van der Waals surface area contributed by atoms with E-state index in [1.165, 1.54) is 11.4 Å². The zero-order chi connectivity index (χ0) is 13.1. The van der Waals surface area contributed by atoms with Crippen LogP contribution in [0.25, 0.3) is 0 Å². The molecule has 0 aromatic carbocycles. The molecule has 0 aliphatic heterocycles. The van der Waals surface area contributed by atoms with E-state index in [1.54, 1.807) is 0 Å². The van der Waals surface area contributed by atoms with Crippen molar-refractivity contribution in [3.05, 3.63) is 17.5 Å². The normalized spacial score (nSPS) is 14.0. The van der Waals surface area contributed by atoms with Crippen LogP contribution in [0.3, 0.4) is 0 Å². The number of hydrogen-bond acceptors (Lipinski definition) is 1. The summed E-state index contributed by atoms with van der Waals surface area (Å²) in [5.74, 6) is 0. The highest BCUT2D eigenvalue weighted by Crippen LogP contribution is 2.29. The molecule has 1 aromatic heterocycles. The van der Waals surface area contributed by atoms with Gasteiger partial charge in [-0.15, -0.1) is 11.6 Å². The molecule has 0 aliphatic carbocycles. The Bertz CT molecular complexity index is 353. The van der Waals surface area contributed by atoms with Crippen LogP contribution in [0.4, 0.5) is 0 Å². The topological polar surface area (TPSA) is 17.8 Å². The van der Waals surface area contributed by atoms with Crippen LogP contribution in [0.1, 0.15) is 52.4 Å².